The Morgan fingerprint density at radius 2 is 2.29 bits per heavy atom. The smallest absolute Gasteiger partial charge is 0.274 e. The Labute approximate surface area is 100 Å². The average Bonchev–Trinajstić information content (AvgIpc) is 2.79. The van der Waals surface area contributed by atoms with Crippen LogP contribution >= 0.6 is 0 Å². The number of nitrogens with one attached hydrogen (secondary N) is 2. The molecule has 4 N–H and O–H groups in total. The molecule has 0 aromatic carbocycles. The Bertz CT molecular complexity index is 362. The molecule has 94 valence electrons. The molecular weight excluding hydrogens is 220 g/mol. The first-order valence-electron chi connectivity index (χ1n) is 5.49. The first-order chi connectivity index (χ1) is 8.13. The molecule has 1 rings (SSSR count). The van der Waals surface area contributed by atoms with E-state index < -0.39 is 5.91 Å². The number of aromatic amines is 1. The zero-order chi connectivity index (χ0) is 12.7. The van der Waals surface area contributed by atoms with E-state index in [1.54, 1.807) is 18.3 Å². The highest BCUT2D eigenvalue weighted by atomic mass is 16.2. The minimum Gasteiger partial charge on any atom is -0.357 e. The predicted molar refractivity (Wildman–Crippen MR) is 64.4 cm³/mol. The summed E-state index contributed by atoms with van der Waals surface area (Å²) in [5, 5.41) is 2.31. The second-order valence-electron chi connectivity index (χ2n) is 3.84. The summed E-state index contributed by atoms with van der Waals surface area (Å²) in [6, 6.07) is 3.31. The third-order valence-corrected chi connectivity index (χ3v) is 2.25. The van der Waals surface area contributed by atoms with Gasteiger partial charge in [-0.2, -0.15) is 0 Å². The normalized spacial score (nSPS) is 10.5. The molecule has 2 amide bonds. The van der Waals surface area contributed by atoms with Gasteiger partial charge in [-0.15, -0.1) is 0 Å². The van der Waals surface area contributed by atoms with Crippen LogP contribution < -0.4 is 11.1 Å². The van der Waals surface area contributed by atoms with E-state index in [1.165, 1.54) is 0 Å². The fraction of sp³-hybridized carbons (Fsp3) is 0.455. The number of hydrogen-bond donors (Lipinski definition) is 3. The van der Waals surface area contributed by atoms with E-state index in [4.69, 9.17) is 5.73 Å². The van der Waals surface area contributed by atoms with Crippen LogP contribution in [0, 0.1) is 0 Å². The molecular formula is C11H18N4O2. The lowest BCUT2D eigenvalue weighted by Crippen LogP contribution is -2.39. The fourth-order valence-corrected chi connectivity index (χ4v) is 1.39. The van der Waals surface area contributed by atoms with Gasteiger partial charge in [-0.1, -0.05) is 0 Å². The maximum atomic E-state index is 11.5. The van der Waals surface area contributed by atoms with E-state index in [2.05, 4.69) is 10.3 Å². The molecule has 0 aliphatic rings. The standard InChI is InChI=1S/C11H18N4O2/c1-15(7-3-5-12)8-10(16)14-11(17)9-4-2-6-13-9/h2,4,6,13H,3,5,7-8,12H2,1H3,(H,14,16,17). The summed E-state index contributed by atoms with van der Waals surface area (Å²) < 4.78 is 0. The molecule has 6 nitrogen and oxygen atoms in total. The highest BCUT2D eigenvalue weighted by Crippen LogP contribution is 1.93. The molecule has 0 aliphatic heterocycles. The first-order valence-corrected chi connectivity index (χ1v) is 5.49. The first kappa shape index (κ1) is 13.4. The van der Waals surface area contributed by atoms with E-state index in [-0.39, 0.29) is 12.5 Å². The highest BCUT2D eigenvalue weighted by Gasteiger charge is 2.12. The number of rotatable bonds is 6. The topological polar surface area (TPSA) is 91.2 Å². The average molecular weight is 238 g/mol. The van der Waals surface area contributed by atoms with Gasteiger partial charge in [0, 0.05) is 6.20 Å². The van der Waals surface area contributed by atoms with E-state index in [9.17, 15) is 9.59 Å². The number of hydrogen-bond acceptors (Lipinski definition) is 4. The minimum absolute atomic E-state index is 0.187. The SMILES string of the molecule is CN(CCCN)CC(=O)NC(=O)c1ccc[nH]1. The van der Waals surface area contributed by atoms with Crippen molar-refractivity contribution in [2.24, 2.45) is 5.73 Å². The molecule has 0 atom stereocenters. The summed E-state index contributed by atoms with van der Waals surface area (Å²) in [4.78, 5) is 27.6. The van der Waals surface area contributed by atoms with Crippen molar-refractivity contribution in [1.29, 1.82) is 0 Å². The van der Waals surface area contributed by atoms with Gasteiger partial charge in [0.25, 0.3) is 5.91 Å². The van der Waals surface area contributed by atoms with Gasteiger partial charge in [-0.3, -0.25) is 19.8 Å². The third kappa shape index (κ3) is 4.80. The van der Waals surface area contributed by atoms with E-state index in [1.807, 2.05) is 11.9 Å². The van der Waals surface area contributed by atoms with Crippen molar-refractivity contribution in [3.63, 3.8) is 0 Å². The van der Waals surface area contributed by atoms with Gasteiger partial charge in [0.1, 0.15) is 5.69 Å². The minimum atomic E-state index is -0.410. The number of carbonyl (C=O) groups excluding carboxylic acids is 2. The van der Waals surface area contributed by atoms with Crippen molar-refractivity contribution in [3.05, 3.63) is 24.0 Å². The van der Waals surface area contributed by atoms with Gasteiger partial charge >= 0.3 is 0 Å². The number of carbonyl (C=O) groups is 2. The molecule has 0 bridgehead atoms. The largest absolute Gasteiger partial charge is 0.357 e. The molecule has 0 aliphatic carbocycles. The van der Waals surface area contributed by atoms with Gasteiger partial charge in [-0.25, -0.2) is 0 Å². The fourth-order valence-electron chi connectivity index (χ4n) is 1.39. The van der Waals surface area contributed by atoms with E-state index in [0.717, 1.165) is 13.0 Å². The molecule has 0 saturated carbocycles. The third-order valence-electron chi connectivity index (χ3n) is 2.25. The predicted octanol–water partition coefficient (Wildman–Crippen LogP) is -0.448. The molecule has 0 fully saturated rings. The maximum absolute atomic E-state index is 11.5. The van der Waals surface area contributed by atoms with Gasteiger partial charge < -0.3 is 10.7 Å². The Hall–Kier alpha value is -1.66. The summed E-state index contributed by atoms with van der Waals surface area (Å²) in [5.74, 6) is -0.726. The second-order valence-corrected chi connectivity index (χ2v) is 3.84. The maximum Gasteiger partial charge on any atom is 0.274 e. The Balaban J connectivity index is 2.32. The molecule has 0 radical (unpaired) electrons. The second kappa shape index (κ2) is 6.82. The number of amides is 2. The molecule has 17 heavy (non-hydrogen) atoms. The Kier molecular flexibility index (Phi) is 5.38. The number of likely N-dealkylation sites (N-methyl/N-ethyl adjacent to an activating group) is 1. The van der Waals surface area contributed by atoms with Gasteiger partial charge in [0.15, 0.2) is 0 Å². The van der Waals surface area contributed by atoms with Crippen LogP contribution in [0.3, 0.4) is 0 Å². The lowest BCUT2D eigenvalue weighted by atomic mass is 10.3. The van der Waals surface area contributed by atoms with Gasteiger partial charge in [-0.05, 0) is 38.7 Å². The van der Waals surface area contributed by atoms with E-state index in [0.29, 0.717) is 12.2 Å². The van der Waals surface area contributed by atoms with Crippen molar-refractivity contribution in [2.45, 2.75) is 6.42 Å². The van der Waals surface area contributed by atoms with Crippen molar-refractivity contribution in [1.82, 2.24) is 15.2 Å². The number of imide groups is 1. The van der Waals surface area contributed by atoms with Crippen LogP contribution in [0.5, 0.6) is 0 Å². The van der Waals surface area contributed by atoms with Crippen LogP contribution in [0.1, 0.15) is 16.9 Å². The molecule has 0 unspecified atom stereocenters. The highest BCUT2D eigenvalue weighted by molar-refractivity contribution is 6.04. The molecule has 0 spiro atoms. The lowest BCUT2D eigenvalue weighted by molar-refractivity contribution is -0.121. The lowest BCUT2D eigenvalue weighted by Gasteiger charge is -2.14. The van der Waals surface area contributed by atoms with Gasteiger partial charge in [0.05, 0.1) is 6.54 Å². The van der Waals surface area contributed by atoms with Crippen molar-refractivity contribution < 1.29 is 9.59 Å². The van der Waals surface area contributed by atoms with Gasteiger partial charge in [0.2, 0.25) is 5.91 Å². The Morgan fingerprint density at radius 1 is 1.53 bits per heavy atom. The molecule has 1 aromatic heterocycles. The quantitative estimate of drug-likeness (QED) is 0.626. The molecule has 1 heterocycles. The van der Waals surface area contributed by atoms with Crippen molar-refractivity contribution >= 4 is 11.8 Å². The molecule has 6 heteroatoms. The summed E-state index contributed by atoms with van der Waals surface area (Å²) in [5.41, 5.74) is 5.74. The monoisotopic (exact) mass is 238 g/mol. The van der Waals surface area contributed by atoms with E-state index >= 15 is 0 Å². The number of aromatic nitrogens is 1. The van der Waals surface area contributed by atoms with Crippen LogP contribution in [-0.4, -0.2) is 48.4 Å². The molecule has 0 saturated heterocycles. The molecule has 1 aromatic rings. The number of nitrogens with zero attached hydrogens (tertiary/aromatic N) is 1. The van der Waals surface area contributed by atoms with Crippen LogP contribution in [-0.2, 0) is 4.79 Å². The summed E-state index contributed by atoms with van der Waals surface area (Å²) >= 11 is 0. The van der Waals surface area contributed by atoms with Crippen LogP contribution in [0.25, 0.3) is 0 Å². The summed E-state index contributed by atoms with van der Waals surface area (Å²) in [6.07, 6.45) is 2.46. The zero-order valence-corrected chi connectivity index (χ0v) is 9.90. The summed E-state index contributed by atoms with van der Waals surface area (Å²) in [7, 11) is 1.81. The Morgan fingerprint density at radius 3 is 2.88 bits per heavy atom. The van der Waals surface area contributed by atoms with Crippen LogP contribution in [0.15, 0.2) is 18.3 Å². The number of H-pyrrole nitrogens is 1. The zero-order valence-electron chi connectivity index (χ0n) is 9.90. The van der Waals surface area contributed by atoms with Crippen LogP contribution in [0.2, 0.25) is 0 Å². The summed E-state index contributed by atoms with van der Waals surface area (Å²) in [6.45, 7) is 1.51. The number of nitrogens with two attached hydrogens (primary N) is 1. The van der Waals surface area contributed by atoms with Crippen LogP contribution in [0.4, 0.5) is 0 Å². The van der Waals surface area contributed by atoms with Crippen molar-refractivity contribution in [3.8, 4) is 0 Å². The van der Waals surface area contributed by atoms with Crippen molar-refractivity contribution in [2.75, 3.05) is 26.7 Å².